The normalized spacial score (nSPS) is 10.8. The van der Waals surface area contributed by atoms with Gasteiger partial charge in [0.15, 0.2) is 4.34 Å². The average molecular weight is 431 g/mol. The summed E-state index contributed by atoms with van der Waals surface area (Å²) >= 11 is 2.78. The van der Waals surface area contributed by atoms with E-state index >= 15 is 0 Å². The first kappa shape index (κ1) is 21.3. The maximum atomic E-state index is 12.9. The van der Waals surface area contributed by atoms with E-state index in [1.165, 1.54) is 46.4 Å². The molecule has 29 heavy (non-hydrogen) atoms. The molecule has 0 radical (unpaired) electrons. The SMILES string of the molecule is Cc1ccc(CN(C)C(=O)CSc2nnc(NCc3ccc(F)cc3)s2)c(C)c1. The Balaban J connectivity index is 1.46. The van der Waals surface area contributed by atoms with Crippen molar-refractivity contribution in [1.82, 2.24) is 15.1 Å². The number of aromatic nitrogens is 2. The molecule has 5 nitrogen and oxygen atoms in total. The molecule has 0 fully saturated rings. The number of rotatable bonds is 8. The number of carbonyl (C=O) groups excluding carboxylic acids is 1. The molecule has 3 aromatic rings. The van der Waals surface area contributed by atoms with E-state index in [1.807, 2.05) is 7.05 Å². The van der Waals surface area contributed by atoms with Gasteiger partial charge in [0.1, 0.15) is 5.82 Å². The molecule has 0 atom stereocenters. The molecule has 0 aliphatic rings. The van der Waals surface area contributed by atoms with Crippen molar-refractivity contribution in [2.45, 2.75) is 31.3 Å². The first-order valence-electron chi connectivity index (χ1n) is 9.15. The number of nitrogens with one attached hydrogen (secondary N) is 1. The molecule has 1 heterocycles. The summed E-state index contributed by atoms with van der Waals surface area (Å²) in [6.45, 7) is 5.26. The molecule has 1 N–H and O–H groups in total. The molecule has 1 amide bonds. The first-order valence-corrected chi connectivity index (χ1v) is 11.0. The number of halogens is 1. The fourth-order valence-electron chi connectivity index (χ4n) is 2.72. The molecule has 0 bridgehead atoms. The van der Waals surface area contributed by atoms with Gasteiger partial charge in [-0.15, -0.1) is 10.2 Å². The standard InChI is InChI=1S/C21H23FN4OS2/c1-14-4-7-17(15(2)10-14)12-26(3)19(27)13-28-21-25-24-20(29-21)23-11-16-5-8-18(22)9-6-16/h4-10H,11-13H2,1-3H3,(H,23,24). The minimum Gasteiger partial charge on any atom is -0.356 e. The summed E-state index contributed by atoms with van der Waals surface area (Å²) in [6.07, 6.45) is 0. The summed E-state index contributed by atoms with van der Waals surface area (Å²) < 4.78 is 13.7. The second kappa shape index (κ2) is 9.84. The summed E-state index contributed by atoms with van der Waals surface area (Å²) in [4.78, 5) is 14.2. The van der Waals surface area contributed by atoms with E-state index < -0.39 is 0 Å². The lowest BCUT2D eigenvalue weighted by molar-refractivity contribution is -0.127. The number of thioether (sulfide) groups is 1. The molecule has 0 spiro atoms. The van der Waals surface area contributed by atoms with Gasteiger partial charge < -0.3 is 10.2 Å². The van der Waals surface area contributed by atoms with Crippen molar-refractivity contribution < 1.29 is 9.18 Å². The molecule has 152 valence electrons. The van der Waals surface area contributed by atoms with E-state index in [9.17, 15) is 9.18 Å². The molecule has 1 aromatic heterocycles. The van der Waals surface area contributed by atoms with Crippen molar-refractivity contribution in [3.63, 3.8) is 0 Å². The van der Waals surface area contributed by atoms with Crippen LogP contribution in [0.4, 0.5) is 9.52 Å². The van der Waals surface area contributed by atoms with Gasteiger partial charge in [0.25, 0.3) is 0 Å². The van der Waals surface area contributed by atoms with Crippen LogP contribution in [-0.2, 0) is 17.9 Å². The number of benzene rings is 2. The quantitative estimate of drug-likeness (QED) is 0.527. The third-order valence-corrected chi connectivity index (χ3v) is 6.41. The van der Waals surface area contributed by atoms with Gasteiger partial charge in [-0.1, -0.05) is 59.0 Å². The lowest BCUT2D eigenvalue weighted by atomic mass is 10.1. The number of amides is 1. The number of hydrogen-bond acceptors (Lipinski definition) is 6. The average Bonchev–Trinajstić information content (AvgIpc) is 3.15. The second-order valence-electron chi connectivity index (χ2n) is 6.82. The van der Waals surface area contributed by atoms with Gasteiger partial charge >= 0.3 is 0 Å². The summed E-state index contributed by atoms with van der Waals surface area (Å²) in [5, 5.41) is 12.1. The zero-order valence-corrected chi connectivity index (χ0v) is 18.2. The molecule has 0 saturated heterocycles. The predicted molar refractivity (Wildman–Crippen MR) is 117 cm³/mol. The Bertz CT molecular complexity index is 975. The largest absolute Gasteiger partial charge is 0.356 e. The van der Waals surface area contributed by atoms with Gasteiger partial charge in [0.2, 0.25) is 11.0 Å². The van der Waals surface area contributed by atoms with Gasteiger partial charge in [-0.05, 0) is 42.7 Å². The highest BCUT2D eigenvalue weighted by molar-refractivity contribution is 8.01. The van der Waals surface area contributed by atoms with Crippen LogP contribution in [-0.4, -0.2) is 33.8 Å². The molecule has 8 heteroatoms. The first-order chi connectivity index (χ1) is 13.9. The molecule has 2 aromatic carbocycles. The van der Waals surface area contributed by atoms with Crippen LogP contribution in [0.15, 0.2) is 46.8 Å². The van der Waals surface area contributed by atoms with Gasteiger partial charge in [0, 0.05) is 20.1 Å². The third-order valence-electron chi connectivity index (χ3n) is 4.41. The van der Waals surface area contributed by atoms with E-state index in [2.05, 4.69) is 47.6 Å². The fourth-order valence-corrected chi connectivity index (χ4v) is 4.41. The smallest absolute Gasteiger partial charge is 0.233 e. The van der Waals surface area contributed by atoms with Gasteiger partial charge in [0.05, 0.1) is 5.75 Å². The van der Waals surface area contributed by atoms with Crippen molar-refractivity contribution >= 4 is 34.1 Å². The van der Waals surface area contributed by atoms with E-state index in [4.69, 9.17) is 0 Å². The highest BCUT2D eigenvalue weighted by Crippen LogP contribution is 2.26. The highest BCUT2D eigenvalue weighted by atomic mass is 32.2. The molecular weight excluding hydrogens is 407 g/mol. The summed E-state index contributed by atoms with van der Waals surface area (Å²) in [5.74, 6) is 0.107. The van der Waals surface area contributed by atoms with Crippen molar-refractivity contribution in [3.8, 4) is 0 Å². The van der Waals surface area contributed by atoms with Crippen molar-refractivity contribution in [1.29, 1.82) is 0 Å². The number of nitrogens with zero attached hydrogens (tertiary/aromatic N) is 3. The van der Waals surface area contributed by atoms with Crippen LogP contribution in [0.1, 0.15) is 22.3 Å². The van der Waals surface area contributed by atoms with Crippen LogP contribution in [0.2, 0.25) is 0 Å². The Labute approximate surface area is 178 Å². The Morgan fingerprint density at radius 1 is 1.17 bits per heavy atom. The molecular formula is C21H23FN4OS2. The lowest BCUT2D eigenvalue weighted by Gasteiger charge is -2.18. The van der Waals surface area contributed by atoms with E-state index in [0.29, 0.717) is 24.0 Å². The summed E-state index contributed by atoms with van der Waals surface area (Å²) in [5.41, 5.74) is 4.52. The predicted octanol–water partition coefficient (Wildman–Crippen LogP) is 4.66. The summed E-state index contributed by atoms with van der Waals surface area (Å²) in [6, 6.07) is 12.6. The van der Waals surface area contributed by atoms with E-state index in [1.54, 1.807) is 17.0 Å². The Morgan fingerprint density at radius 2 is 1.93 bits per heavy atom. The molecule has 0 unspecified atom stereocenters. The zero-order valence-electron chi connectivity index (χ0n) is 16.6. The fraction of sp³-hybridized carbons (Fsp3) is 0.286. The van der Waals surface area contributed by atoms with Gasteiger partial charge in [-0.25, -0.2) is 4.39 Å². The number of hydrogen-bond donors (Lipinski definition) is 1. The van der Waals surface area contributed by atoms with Gasteiger partial charge in [-0.3, -0.25) is 4.79 Å². The molecule has 0 aliphatic heterocycles. The van der Waals surface area contributed by atoms with E-state index in [0.717, 1.165) is 15.5 Å². The maximum Gasteiger partial charge on any atom is 0.233 e. The second-order valence-corrected chi connectivity index (χ2v) is 9.02. The van der Waals surface area contributed by atoms with Crippen LogP contribution in [0.25, 0.3) is 0 Å². The Hall–Kier alpha value is -2.45. The Kier molecular flexibility index (Phi) is 7.22. The topological polar surface area (TPSA) is 58.1 Å². The van der Waals surface area contributed by atoms with Crippen LogP contribution in [0.3, 0.4) is 0 Å². The number of carbonyl (C=O) groups is 1. The highest BCUT2D eigenvalue weighted by Gasteiger charge is 2.13. The molecule has 3 rings (SSSR count). The minimum atomic E-state index is -0.254. The van der Waals surface area contributed by atoms with Crippen LogP contribution < -0.4 is 5.32 Å². The van der Waals surface area contributed by atoms with Crippen molar-refractivity contribution in [2.75, 3.05) is 18.1 Å². The van der Waals surface area contributed by atoms with Crippen LogP contribution in [0, 0.1) is 19.7 Å². The maximum absolute atomic E-state index is 12.9. The number of anilines is 1. The van der Waals surface area contributed by atoms with Crippen molar-refractivity contribution in [3.05, 3.63) is 70.5 Å². The van der Waals surface area contributed by atoms with Crippen LogP contribution >= 0.6 is 23.1 Å². The Morgan fingerprint density at radius 3 is 2.66 bits per heavy atom. The summed E-state index contributed by atoms with van der Waals surface area (Å²) in [7, 11) is 1.82. The number of aryl methyl sites for hydroxylation is 2. The third kappa shape index (κ3) is 6.27. The molecule has 0 aliphatic carbocycles. The van der Waals surface area contributed by atoms with Gasteiger partial charge in [-0.2, -0.15) is 0 Å². The van der Waals surface area contributed by atoms with E-state index in [-0.39, 0.29) is 11.7 Å². The minimum absolute atomic E-state index is 0.0472. The van der Waals surface area contributed by atoms with Crippen molar-refractivity contribution in [2.24, 2.45) is 0 Å². The lowest BCUT2D eigenvalue weighted by Crippen LogP contribution is -2.28. The molecule has 0 saturated carbocycles. The monoisotopic (exact) mass is 430 g/mol. The van der Waals surface area contributed by atoms with Crippen LogP contribution in [0.5, 0.6) is 0 Å². The zero-order chi connectivity index (χ0) is 20.8.